The van der Waals surface area contributed by atoms with Crippen molar-refractivity contribution in [3.8, 4) is 0 Å². The molecule has 0 saturated carbocycles. The first kappa shape index (κ1) is 14.3. The molecule has 3 aromatic rings. The molecule has 21 heavy (non-hydrogen) atoms. The number of para-hydroxylation sites is 1. The number of thiophene rings is 1. The molecule has 0 bridgehead atoms. The van der Waals surface area contributed by atoms with Crippen molar-refractivity contribution < 1.29 is 12.8 Å². The Morgan fingerprint density at radius 2 is 2.05 bits per heavy atom. The normalized spacial score (nSPS) is 13.6. The van der Waals surface area contributed by atoms with E-state index in [4.69, 9.17) is 4.42 Å². The SMILES string of the molecule is CNC(CS(=O)(=O)c1cccs1)c1cc2ccccc2o1. The Morgan fingerprint density at radius 1 is 1.24 bits per heavy atom. The summed E-state index contributed by atoms with van der Waals surface area (Å²) in [5.74, 6) is 0.614. The van der Waals surface area contributed by atoms with Crippen molar-refractivity contribution in [3.63, 3.8) is 0 Å². The van der Waals surface area contributed by atoms with Gasteiger partial charge in [-0.1, -0.05) is 24.3 Å². The van der Waals surface area contributed by atoms with Gasteiger partial charge in [0.25, 0.3) is 0 Å². The van der Waals surface area contributed by atoms with Crippen LogP contribution in [0.3, 0.4) is 0 Å². The Kier molecular flexibility index (Phi) is 3.84. The molecule has 1 atom stereocenters. The lowest BCUT2D eigenvalue weighted by atomic mass is 10.2. The molecular formula is C15H15NO3S2. The van der Waals surface area contributed by atoms with E-state index >= 15 is 0 Å². The van der Waals surface area contributed by atoms with Crippen molar-refractivity contribution in [3.05, 3.63) is 53.6 Å². The summed E-state index contributed by atoms with van der Waals surface area (Å²) >= 11 is 1.24. The van der Waals surface area contributed by atoms with Crippen molar-refractivity contribution in [2.24, 2.45) is 0 Å². The Morgan fingerprint density at radius 3 is 2.71 bits per heavy atom. The molecule has 0 amide bonds. The maximum Gasteiger partial charge on any atom is 0.189 e. The van der Waals surface area contributed by atoms with Gasteiger partial charge in [-0.25, -0.2) is 8.42 Å². The van der Waals surface area contributed by atoms with Gasteiger partial charge in [-0.3, -0.25) is 0 Å². The Hall–Kier alpha value is -1.63. The average molecular weight is 321 g/mol. The third-order valence-corrected chi connectivity index (χ3v) is 6.56. The second-order valence-corrected chi connectivity index (χ2v) is 7.95. The number of furan rings is 1. The highest BCUT2D eigenvalue weighted by atomic mass is 32.2. The number of fused-ring (bicyclic) bond motifs is 1. The summed E-state index contributed by atoms with van der Waals surface area (Å²) in [6.07, 6.45) is 0. The average Bonchev–Trinajstić information content (AvgIpc) is 3.13. The van der Waals surface area contributed by atoms with Crippen molar-refractivity contribution in [2.75, 3.05) is 12.8 Å². The molecule has 0 fully saturated rings. The van der Waals surface area contributed by atoms with Crippen molar-refractivity contribution >= 4 is 32.1 Å². The number of hydrogen-bond donors (Lipinski definition) is 1. The highest BCUT2D eigenvalue weighted by Crippen LogP contribution is 2.27. The van der Waals surface area contributed by atoms with Crippen LogP contribution >= 0.6 is 11.3 Å². The first-order chi connectivity index (χ1) is 10.1. The monoisotopic (exact) mass is 321 g/mol. The molecule has 3 rings (SSSR count). The second-order valence-electron chi connectivity index (χ2n) is 4.74. The highest BCUT2D eigenvalue weighted by molar-refractivity contribution is 7.93. The maximum absolute atomic E-state index is 12.4. The summed E-state index contributed by atoms with van der Waals surface area (Å²) in [5.41, 5.74) is 0.765. The third kappa shape index (κ3) is 2.88. The van der Waals surface area contributed by atoms with Crippen LogP contribution in [0.25, 0.3) is 11.0 Å². The summed E-state index contributed by atoms with van der Waals surface area (Å²) in [4.78, 5) is 0. The molecule has 0 aliphatic heterocycles. The van der Waals surface area contributed by atoms with Crippen LogP contribution in [-0.2, 0) is 9.84 Å². The first-order valence-corrected chi connectivity index (χ1v) is 9.05. The van der Waals surface area contributed by atoms with E-state index in [0.717, 1.165) is 11.0 Å². The summed E-state index contributed by atoms with van der Waals surface area (Å²) in [7, 11) is -1.58. The van der Waals surface area contributed by atoms with Gasteiger partial charge in [-0.05, 0) is 30.6 Å². The molecule has 0 aliphatic rings. The summed E-state index contributed by atoms with van der Waals surface area (Å²) in [6.45, 7) is 0. The summed E-state index contributed by atoms with van der Waals surface area (Å²) in [5, 5.41) is 5.77. The lowest BCUT2D eigenvalue weighted by Crippen LogP contribution is -2.24. The zero-order valence-corrected chi connectivity index (χ0v) is 13.1. The Bertz CT molecular complexity index is 802. The Labute approximate surface area is 127 Å². The molecule has 2 aromatic heterocycles. The smallest absolute Gasteiger partial charge is 0.189 e. The van der Waals surface area contributed by atoms with Gasteiger partial charge in [-0.15, -0.1) is 11.3 Å². The molecular weight excluding hydrogens is 306 g/mol. The minimum absolute atomic E-state index is 0.0240. The molecule has 6 heteroatoms. The molecule has 1 N–H and O–H groups in total. The van der Waals surface area contributed by atoms with Crippen LogP contribution in [0.4, 0.5) is 0 Å². The predicted octanol–water partition coefficient (Wildman–Crippen LogP) is 3.23. The largest absolute Gasteiger partial charge is 0.459 e. The van der Waals surface area contributed by atoms with Gasteiger partial charge in [0.05, 0.1) is 11.8 Å². The van der Waals surface area contributed by atoms with Crippen molar-refractivity contribution in [1.82, 2.24) is 5.32 Å². The minimum Gasteiger partial charge on any atom is -0.459 e. The standard InChI is InChI=1S/C15H15NO3S2/c1-16-12(10-21(17,18)15-7-4-8-20-15)14-9-11-5-2-3-6-13(11)19-14/h2-9,12,16H,10H2,1H3. The van der Waals surface area contributed by atoms with Gasteiger partial charge < -0.3 is 9.73 Å². The second kappa shape index (κ2) is 5.63. The van der Waals surface area contributed by atoms with E-state index in [1.165, 1.54) is 11.3 Å². The molecule has 4 nitrogen and oxygen atoms in total. The van der Waals surface area contributed by atoms with Gasteiger partial charge in [-0.2, -0.15) is 0 Å². The number of rotatable bonds is 5. The summed E-state index contributed by atoms with van der Waals surface area (Å²) in [6, 6.07) is 12.5. The fourth-order valence-electron chi connectivity index (χ4n) is 2.22. The molecule has 0 radical (unpaired) electrons. The molecule has 0 spiro atoms. The van der Waals surface area contributed by atoms with Crippen LogP contribution < -0.4 is 5.32 Å². The predicted molar refractivity (Wildman–Crippen MR) is 84.4 cm³/mol. The fourth-order valence-corrected chi connectivity index (χ4v) is 4.85. The van der Waals surface area contributed by atoms with Gasteiger partial charge in [0.15, 0.2) is 9.84 Å². The van der Waals surface area contributed by atoms with Gasteiger partial charge in [0.2, 0.25) is 0 Å². The molecule has 2 heterocycles. The van der Waals surface area contributed by atoms with E-state index in [2.05, 4.69) is 5.32 Å². The molecule has 1 unspecified atom stereocenters. The number of benzene rings is 1. The molecule has 0 aliphatic carbocycles. The van der Waals surface area contributed by atoms with Crippen molar-refractivity contribution in [1.29, 1.82) is 0 Å². The van der Waals surface area contributed by atoms with E-state index in [0.29, 0.717) is 9.97 Å². The van der Waals surface area contributed by atoms with E-state index in [1.807, 2.05) is 30.3 Å². The minimum atomic E-state index is -3.32. The quantitative estimate of drug-likeness (QED) is 0.784. The van der Waals surface area contributed by atoms with Crippen LogP contribution in [0.1, 0.15) is 11.8 Å². The number of sulfone groups is 1. The van der Waals surface area contributed by atoms with Crippen LogP contribution in [0, 0.1) is 0 Å². The van der Waals surface area contributed by atoms with Crippen LogP contribution in [0.15, 0.2) is 56.5 Å². The lowest BCUT2D eigenvalue weighted by Gasteiger charge is -2.13. The molecule has 0 saturated heterocycles. The third-order valence-electron chi connectivity index (χ3n) is 3.32. The van der Waals surface area contributed by atoms with Gasteiger partial charge >= 0.3 is 0 Å². The van der Waals surface area contributed by atoms with Gasteiger partial charge in [0, 0.05) is 5.39 Å². The molecule has 110 valence electrons. The topological polar surface area (TPSA) is 59.3 Å². The van der Waals surface area contributed by atoms with Gasteiger partial charge in [0.1, 0.15) is 15.6 Å². The zero-order chi connectivity index (χ0) is 14.9. The summed E-state index contributed by atoms with van der Waals surface area (Å²) < 4.78 is 30.9. The molecule has 1 aromatic carbocycles. The maximum atomic E-state index is 12.4. The van der Waals surface area contributed by atoms with Crippen LogP contribution in [0.2, 0.25) is 0 Å². The number of hydrogen-bond acceptors (Lipinski definition) is 5. The van der Waals surface area contributed by atoms with Crippen LogP contribution in [0.5, 0.6) is 0 Å². The van der Waals surface area contributed by atoms with Crippen molar-refractivity contribution in [2.45, 2.75) is 10.3 Å². The highest BCUT2D eigenvalue weighted by Gasteiger charge is 2.24. The van der Waals surface area contributed by atoms with Crippen LogP contribution in [-0.4, -0.2) is 21.2 Å². The lowest BCUT2D eigenvalue weighted by molar-refractivity contribution is 0.471. The zero-order valence-electron chi connectivity index (χ0n) is 11.4. The van der Waals surface area contributed by atoms with E-state index in [9.17, 15) is 8.42 Å². The Balaban J connectivity index is 1.92. The fraction of sp³-hybridized carbons (Fsp3) is 0.200. The van der Waals surface area contributed by atoms with E-state index in [-0.39, 0.29) is 11.8 Å². The van der Waals surface area contributed by atoms with E-state index < -0.39 is 9.84 Å². The first-order valence-electron chi connectivity index (χ1n) is 6.52. The van der Waals surface area contributed by atoms with E-state index in [1.54, 1.807) is 24.6 Å². The number of nitrogens with one attached hydrogen (secondary N) is 1.